The summed E-state index contributed by atoms with van der Waals surface area (Å²) >= 11 is 12.8. The Bertz CT molecular complexity index is 1380. The number of hydrogen-bond donors (Lipinski definition) is 1. The van der Waals surface area contributed by atoms with Crippen molar-refractivity contribution in [1.82, 2.24) is 10.2 Å². The Morgan fingerprint density at radius 2 is 1.72 bits per heavy atom. The summed E-state index contributed by atoms with van der Waals surface area (Å²) < 4.78 is 40.4. The number of nitrogens with one attached hydrogen (secondary N) is 1. The summed E-state index contributed by atoms with van der Waals surface area (Å²) in [5.41, 5.74) is 2.10. The smallest absolute Gasteiger partial charge is 0.264 e. The molecular formula is C26H27Cl2N3O4S. The van der Waals surface area contributed by atoms with Gasteiger partial charge in [-0.25, -0.2) is 8.42 Å². The van der Waals surface area contributed by atoms with E-state index in [0.717, 1.165) is 11.1 Å². The molecule has 0 amide bonds. The molecule has 1 unspecified atom stereocenters. The first-order chi connectivity index (χ1) is 17.2. The van der Waals surface area contributed by atoms with Gasteiger partial charge in [-0.05, 0) is 47.5 Å². The maximum Gasteiger partial charge on any atom is 0.264 e. The molecule has 1 aliphatic rings. The molecule has 0 aromatic heterocycles. The molecule has 36 heavy (non-hydrogen) atoms. The van der Waals surface area contributed by atoms with E-state index in [-0.39, 0.29) is 17.6 Å². The van der Waals surface area contributed by atoms with Gasteiger partial charge < -0.3 is 19.7 Å². The Morgan fingerprint density at radius 3 is 2.39 bits per heavy atom. The average Bonchev–Trinajstić information content (AvgIpc) is 3.28. The van der Waals surface area contributed by atoms with Crippen LogP contribution in [-0.2, 0) is 16.4 Å². The third-order valence-electron chi connectivity index (χ3n) is 6.02. The summed E-state index contributed by atoms with van der Waals surface area (Å²) in [7, 11) is 0.821. The van der Waals surface area contributed by atoms with Crippen LogP contribution in [0, 0.1) is 0 Å². The minimum atomic E-state index is -4.03. The topological polar surface area (TPSA) is 71.1 Å². The van der Waals surface area contributed by atoms with Crippen LogP contribution in [0.15, 0.2) is 78.0 Å². The van der Waals surface area contributed by atoms with Gasteiger partial charge in [-0.15, -0.1) is 0 Å². The normalized spacial score (nSPS) is 15.0. The van der Waals surface area contributed by atoms with Crippen LogP contribution in [0.25, 0.3) is 0 Å². The fraction of sp³-hybridized carbons (Fsp3) is 0.231. The Labute approximate surface area is 221 Å². The predicted octanol–water partition coefficient (Wildman–Crippen LogP) is 5.13. The van der Waals surface area contributed by atoms with Gasteiger partial charge in [0.05, 0.1) is 31.3 Å². The molecule has 190 valence electrons. The molecule has 1 heterocycles. The van der Waals surface area contributed by atoms with Crippen LogP contribution in [0.4, 0.5) is 5.69 Å². The van der Waals surface area contributed by atoms with Crippen LogP contribution in [0.2, 0.25) is 10.0 Å². The highest BCUT2D eigenvalue weighted by Gasteiger charge is 2.32. The highest BCUT2D eigenvalue weighted by atomic mass is 35.5. The van der Waals surface area contributed by atoms with Gasteiger partial charge in [-0.3, -0.25) is 4.31 Å². The number of nitrogens with zero attached hydrogens (tertiary/aromatic N) is 2. The number of anilines is 1. The lowest BCUT2D eigenvalue weighted by atomic mass is 10.0. The van der Waals surface area contributed by atoms with E-state index < -0.39 is 10.0 Å². The fourth-order valence-corrected chi connectivity index (χ4v) is 5.97. The van der Waals surface area contributed by atoms with Crippen molar-refractivity contribution < 1.29 is 17.9 Å². The van der Waals surface area contributed by atoms with Crippen molar-refractivity contribution in [3.8, 4) is 11.5 Å². The molecular weight excluding hydrogens is 521 g/mol. The van der Waals surface area contributed by atoms with Gasteiger partial charge in [0.1, 0.15) is 6.17 Å². The summed E-state index contributed by atoms with van der Waals surface area (Å²) in [4.78, 5) is 1.99. The highest BCUT2D eigenvalue weighted by Crippen LogP contribution is 2.35. The van der Waals surface area contributed by atoms with Crippen LogP contribution in [0.1, 0.15) is 11.1 Å². The van der Waals surface area contributed by atoms with Gasteiger partial charge in [-0.1, -0.05) is 41.4 Å². The second-order valence-corrected chi connectivity index (χ2v) is 11.0. The molecule has 0 saturated heterocycles. The Hall–Kier alpha value is -3.07. The van der Waals surface area contributed by atoms with E-state index >= 15 is 0 Å². The number of rotatable bonds is 9. The molecule has 3 aromatic rings. The molecule has 1 aliphatic heterocycles. The number of ether oxygens (including phenoxy) is 2. The molecule has 0 saturated carbocycles. The number of sulfonamides is 1. The summed E-state index contributed by atoms with van der Waals surface area (Å²) in [5.74, 6) is 0.763. The summed E-state index contributed by atoms with van der Waals surface area (Å²) in [6.45, 7) is 0.136. The van der Waals surface area contributed by atoms with Crippen molar-refractivity contribution in [3.05, 3.63) is 94.2 Å². The summed E-state index contributed by atoms with van der Waals surface area (Å²) in [5, 5.41) is 4.31. The molecule has 0 aliphatic carbocycles. The van der Waals surface area contributed by atoms with Crippen LogP contribution >= 0.6 is 23.2 Å². The van der Waals surface area contributed by atoms with Gasteiger partial charge in [0.2, 0.25) is 0 Å². The largest absolute Gasteiger partial charge is 0.493 e. The van der Waals surface area contributed by atoms with Crippen LogP contribution in [0.3, 0.4) is 0 Å². The Balaban J connectivity index is 1.84. The monoisotopic (exact) mass is 547 g/mol. The van der Waals surface area contributed by atoms with E-state index in [1.165, 1.54) is 30.7 Å². The minimum Gasteiger partial charge on any atom is -0.493 e. The maximum absolute atomic E-state index is 14.2. The summed E-state index contributed by atoms with van der Waals surface area (Å²) in [6.07, 6.45) is 3.78. The second-order valence-electron chi connectivity index (χ2n) is 8.26. The third kappa shape index (κ3) is 5.36. The number of benzene rings is 3. The number of hydrogen-bond acceptors (Lipinski definition) is 6. The van der Waals surface area contributed by atoms with E-state index in [1.54, 1.807) is 30.5 Å². The van der Waals surface area contributed by atoms with Crippen LogP contribution < -0.4 is 19.1 Å². The van der Waals surface area contributed by atoms with Crippen molar-refractivity contribution in [2.45, 2.75) is 17.5 Å². The lowest BCUT2D eigenvalue weighted by Gasteiger charge is -2.32. The molecule has 0 spiro atoms. The first-order valence-electron chi connectivity index (χ1n) is 11.2. The van der Waals surface area contributed by atoms with E-state index in [4.69, 9.17) is 32.7 Å². The van der Waals surface area contributed by atoms with Gasteiger partial charge in [0, 0.05) is 42.0 Å². The summed E-state index contributed by atoms with van der Waals surface area (Å²) in [6, 6.07) is 17.2. The SMILES string of the molecule is COc1ccc(S(=O)(=O)N(CC2NC=CN2C)c2ccc(Cl)cc2Cc2ccccc2Cl)cc1OC. The van der Waals surface area contributed by atoms with E-state index in [1.807, 2.05) is 42.4 Å². The van der Waals surface area contributed by atoms with Crippen molar-refractivity contribution in [2.75, 3.05) is 32.1 Å². The standard InChI is InChI=1S/C26H27Cl2N3O4S/c1-30-13-12-29-26(30)17-31(36(32,33)21-9-11-24(34-2)25(16-21)35-3)23-10-8-20(27)15-19(23)14-18-6-4-5-7-22(18)28/h4-13,15-16,26,29H,14,17H2,1-3H3. The van der Waals surface area contributed by atoms with Crippen molar-refractivity contribution in [3.63, 3.8) is 0 Å². The maximum atomic E-state index is 14.2. The first-order valence-corrected chi connectivity index (χ1v) is 13.4. The molecule has 4 rings (SSSR count). The molecule has 1 N–H and O–H groups in total. The zero-order valence-electron chi connectivity index (χ0n) is 20.1. The van der Waals surface area contributed by atoms with Crippen molar-refractivity contribution >= 4 is 38.9 Å². The zero-order chi connectivity index (χ0) is 25.9. The average molecular weight is 548 g/mol. The van der Waals surface area contributed by atoms with Gasteiger partial charge in [0.15, 0.2) is 11.5 Å². The van der Waals surface area contributed by atoms with Crippen molar-refractivity contribution in [2.24, 2.45) is 0 Å². The first kappa shape index (κ1) is 26.0. The molecule has 0 bridgehead atoms. The van der Waals surface area contributed by atoms with Gasteiger partial charge in [0.25, 0.3) is 10.0 Å². The van der Waals surface area contributed by atoms with Gasteiger partial charge in [-0.2, -0.15) is 0 Å². The number of likely N-dealkylation sites (N-methyl/N-ethyl adjacent to an activating group) is 1. The van der Waals surface area contributed by atoms with Crippen LogP contribution in [0.5, 0.6) is 11.5 Å². The molecule has 1 atom stereocenters. The molecule has 10 heteroatoms. The molecule has 7 nitrogen and oxygen atoms in total. The number of halogens is 2. The zero-order valence-corrected chi connectivity index (χ0v) is 22.4. The van der Waals surface area contributed by atoms with E-state index in [2.05, 4.69) is 5.32 Å². The molecule has 0 fully saturated rings. The van der Waals surface area contributed by atoms with E-state index in [9.17, 15) is 8.42 Å². The number of methoxy groups -OCH3 is 2. The van der Waals surface area contributed by atoms with E-state index in [0.29, 0.717) is 33.7 Å². The predicted molar refractivity (Wildman–Crippen MR) is 144 cm³/mol. The van der Waals surface area contributed by atoms with Crippen LogP contribution in [-0.4, -0.2) is 47.3 Å². The van der Waals surface area contributed by atoms with Gasteiger partial charge >= 0.3 is 0 Å². The second kappa shape index (κ2) is 10.9. The molecule has 0 radical (unpaired) electrons. The Morgan fingerprint density at radius 1 is 0.972 bits per heavy atom. The third-order valence-corrected chi connectivity index (χ3v) is 8.40. The lowest BCUT2D eigenvalue weighted by Crippen LogP contribution is -2.46. The fourth-order valence-electron chi connectivity index (χ4n) is 4.05. The Kier molecular flexibility index (Phi) is 7.88. The quantitative estimate of drug-likeness (QED) is 0.400. The minimum absolute atomic E-state index is 0.0763. The highest BCUT2D eigenvalue weighted by molar-refractivity contribution is 7.92. The lowest BCUT2D eigenvalue weighted by molar-refractivity contribution is 0.338. The molecule has 3 aromatic carbocycles. The van der Waals surface area contributed by atoms with Crippen molar-refractivity contribution in [1.29, 1.82) is 0 Å².